The van der Waals surface area contributed by atoms with E-state index in [1.54, 1.807) is 19.2 Å². The SMILES string of the molecule is COc1ccc2oc(-c3n[nH]c4ccc(-c5n[nH]c(CN6CCCC6)n5)cc34)cc2c1.Fc1ccc(-c2n[nH]c3ccc(-c4nnc(C5CCCC5)o4)cc23)cc1. The van der Waals surface area contributed by atoms with Crippen molar-refractivity contribution >= 4 is 32.8 Å². The zero-order valence-electron chi connectivity index (χ0n) is 31.3. The van der Waals surface area contributed by atoms with Crippen molar-refractivity contribution in [2.75, 3.05) is 20.2 Å². The fourth-order valence-electron chi connectivity index (χ4n) is 7.92. The molecule has 14 heteroatoms. The maximum atomic E-state index is 13.2. The molecule has 1 saturated heterocycles. The van der Waals surface area contributed by atoms with E-state index in [2.05, 4.69) is 51.8 Å². The highest BCUT2D eigenvalue weighted by molar-refractivity contribution is 5.97. The van der Waals surface area contributed by atoms with Crippen LogP contribution in [0.1, 0.15) is 56.2 Å². The summed E-state index contributed by atoms with van der Waals surface area (Å²) in [6.07, 6.45) is 7.22. The average Bonchev–Trinajstić information content (AvgIpc) is 4.08. The van der Waals surface area contributed by atoms with Crippen LogP contribution >= 0.6 is 0 Å². The third-order valence-electron chi connectivity index (χ3n) is 11.0. The summed E-state index contributed by atoms with van der Waals surface area (Å²) in [5, 5.41) is 33.9. The third-order valence-corrected chi connectivity index (χ3v) is 11.0. The number of H-pyrrole nitrogens is 3. The zero-order chi connectivity index (χ0) is 38.3. The molecule has 57 heavy (non-hydrogen) atoms. The van der Waals surface area contributed by atoms with Crippen LogP contribution in [0.15, 0.2) is 93.8 Å². The highest BCUT2D eigenvalue weighted by Gasteiger charge is 2.24. The molecule has 2 fully saturated rings. The summed E-state index contributed by atoms with van der Waals surface area (Å²) in [6.45, 7) is 3.07. The van der Waals surface area contributed by atoms with Crippen molar-refractivity contribution in [2.24, 2.45) is 0 Å². The number of hydrogen-bond acceptors (Lipinski definition) is 10. The molecule has 1 saturated carbocycles. The molecule has 286 valence electrons. The average molecular weight is 763 g/mol. The molecule has 0 unspecified atom stereocenters. The maximum Gasteiger partial charge on any atom is 0.247 e. The Hall–Kier alpha value is -6.67. The molecule has 0 spiro atoms. The second-order valence-electron chi connectivity index (χ2n) is 14.7. The predicted molar refractivity (Wildman–Crippen MR) is 214 cm³/mol. The van der Waals surface area contributed by atoms with Crippen molar-refractivity contribution in [1.29, 1.82) is 0 Å². The number of furan rings is 1. The number of aromatic nitrogens is 9. The Labute approximate surface area is 325 Å². The summed E-state index contributed by atoms with van der Waals surface area (Å²) < 4.78 is 30.5. The first-order valence-electron chi connectivity index (χ1n) is 19.3. The summed E-state index contributed by atoms with van der Waals surface area (Å²) in [7, 11) is 1.66. The van der Waals surface area contributed by atoms with Gasteiger partial charge < -0.3 is 13.6 Å². The molecular formula is C43H39FN10O3. The number of nitrogens with one attached hydrogen (secondary N) is 3. The number of hydrogen-bond donors (Lipinski definition) is 3. The van der Waals surface area contributed by atoms with E-state index in [0.717, 1.165) is 111 Å². The van der Waals surface area contributed by atoms with Crippen LogP contribution in [0.4, 0.5) is 4.39 Å². The molecule has 13 nitrogen and oxygen atoms in total. The smallest absolute Gasteiger partial charge is 0.247 e. The summed E-state index contributed by atoms with van der Waals surface area (Å²) >= 11 is 0. The Morgan fingerprint density at radius 2 is 1.44 bits per heavy atom. The van der Waals surface area contributed by atoms with E-state index in [1.807, 2.05) is 54.6 Å². The Morgan fingerprint density at radius 1 is 0.719 bits per heavy atom. The van der Waals surface area contributed by atoms with Crippen LogP contribution in [0, 0.1) is 5.82 Å². The van der Waals surface area contributed by atoms with Crippen LogP contribution in [0.2, 0.25) is 0 Å². The van der Waals surface area contributed by atoms with E-state index in [1.165, 1.54) is 37.8 Å². The predicted octanol–water partition coefficient (Wildman–Crippen LogP) is 9.44. The van der Waals surface area contributed by atoms with Gasteiger partial charge in [-0.15, -0.1) is 10.2 Å². The molecule has 0 bridgehead atoms. The van der Waals surface area contributed by atoms with Gasteiger partial charge in [0.15, 0.2) is 11.6 Å². The van der Waals surface area contributed by atoms with Crippen molar-refractivity contribution in [3.63, 3.8) is 0 Å². The fourth-order valence-corrected chi connectivity index (χ4v) is 7.92. The van der Waals surface area contributed by atoms with Crippen LogP contribution in [-0.2, 0) is 6.54 Å². The van der Waals surface area contributed by atoms with Gasteiger partial charge in [-0.2, -0.15) is 15.3 Å². The molecule has 1 aliphatic carbocycles. The minimum absolute atomic E-state index is 0.264. The zero-order valence-corrected chi connectivity index (χ0v) is 31.3. The number of methoxy groups -OCH3 is 1. The number of rotatable bonds is 8. The first-order valence-corrected chi connectivity index (χ1v) is 19.3. The van der Waals surface area contributed by atoms with Gasteiger partial charge in [0.1, 0.15) is 28.7 Å². The molecule has 0 atom stereocenters. The topological polar surface area (TPSA) is 163 Å². The molecule has 4 aromatic carbocycles. The maximum absolute atomic E-state index is 13.2. The summed E-state index contributed by atoms with van der Waals surface area (Å²) in [6, 6.07) is 26.0. The molecule has 0 radical (unpaired) electrons. The van der Waals surface area contributed by atoms with Crippen LogP contribution in [-0.4, -0.2) is 70.9 Å². The molecule has 6 heterocycles. The Morgan fingerprint density at radius 3 is 2.23 bits per heavy atom. The lowest BCUT2D eigenvalue weighted by molar-refractivity contribution is 0.323. The van der Waals surface area contributed by atoms with Crippen LogP contribution in [0.5, 0.6) is 5.75 Å². The van der Waals surface area contributed by atoms with Crippen LogP contribution in [0.25, 0.3) is 78.3 Å². The molecule has 3 N–H and O–H groups in total. The molecular weight excluding hydrogens is 724 g/mol. The molecule has 0 amide bonds. The number of nitrogens with zero attached hydrogens (tertiary/aromatic N) is 7. The number of aromatic amines is 3. The quantitative estimate of drug-likeness (QED) is 0.136. The van der Waals surface area contributed by atoms with Gasteiger partial charge in [-0.3, -0.25) is 20.2 Å². The normalized spacial score (nSPS) is 14.9. The second-order valence-corrected chi connectivity index (χ2v) is 14.7. The number of fused-ring (bicyclic) bond motifs is 3. The molecule has 5 aromatic heterocycles. The molecule has 9 aromatic rings. The summed E-state index contributed by atoms with van der Waals surface area (Å²) in [4.78, 5) is 7.12. The van der Waals surface area contributed by atoms with Gasteiger partial charge in [0, 0.05) is 38.8 Å². The second kappa shape index (κ2) is 14.8. The Bertz CT molecular complexity index is 2820. The number of ether oxygens (including phenoxy) is 1. The van der Waals surface area contributed by atoms with E-state index >= 15 is 0 Å². The van der Waals surface area contributed by atoms with Crippen molar-refractivity contribution in [1.82, 2.24) is 50.7 Å². The van der Waals surface area contributed by atoms with Crippen molar-refractivity contribution < 1.29 is 18.0 Å². The molecule has 11 rings (SSSR count). The lowest BCUT2D eigenvalue weighted by atomic mass is 10.1. The van der Waals surface area contributed by atoms with Crippen LogP contribution < -0.4 is 4.74 Å². The van der Waals surface area contributed by atoms with Gasteiger partial charge in [0.25, 0.3) is 0 Å². The van der Waals surface area contributed by atoms with Crippen molar-refractivity contribution in [3.8, 4) is 51.3 Å². The van der Waals surface area contributed by atoms with Crippen LogP contribution in [0.3, 0.4) is 0 Å². The van der Waals surface area contributed by atoms with Gasteiger partial charge in [-0.05, 0) is 124 Å². The summed E-state index contributed by atoms with van der Waals surface area (Å²) in [5.74, 6) is 4.49. The van der Waals surface area contributed by atoms with Crippen molar-refractivity contribution in [3.05, 3.63) is 102 Å². The minimum Gasteiger partial charge on any atom is -0.497 e. The Balaban J connectivity index is 0.000000141. The van der Waals surface area contributed by atoms with E-state index in [0.29, 0.717) is 23.4 Å². The number of likely N-dealkylation sites (tertiary alicyclic amines) is 1. The number of halogens is 1. The lowest BCUT2D eigenvalue weighted by Crippen LogP contribution is -2.19. The van der Waals surface area contributed by atoms with Gasteiger partial charge in [-0.25, -0.2) is 9.37 Å². The minimum atomic E-state index is -0.264. The highest BCUT2D eigenvalue weighted by atomic mass is 19.1. The van der Waals surface area contributed by atoms with E-state index < -0.39 is 0 Å². The molecule has 2 aliphatic rings. The summed E-state index contributed by atoms with van der Waals surface area (Å²) in [5.41, 5.74) is 6.83. The monoisotopic (exact) mass is 762 g/mol. The van der Waals surface area contributed by atoms with Gasteiger partial charge >= 0.3 is 0 Å². The molecule has 1 aliphatic heterocycles. The fraction of sp³-hybridized carbons (Fsp3) is 0.256. The third kappa shape index (κ3) is 6.92. The van der Waals surface area contributed by atoms with Crippen molar-refractivity contribution in [2.45, 2.75) is 51.0 Å². The first kappa shape index (κ1) is 34.8. The standard InChI is InChI=1S/C23H22N6O2.C20H17FN4O/c1-30-16-5-7-19-15(10-16)12-20(31-19)22-17-11-14(4-6-18(17)25-27-22)23-24-21(26-28-23)13-29-8-2-3-9-29;21-15-8-5-12(6-9-15)18-16-11-14(7-10-17(16)22-23-18)20-25-24-19(26-20)13-3-1-2-4-13/h4-7,10-12H,2-3,8-9,13H2,1H3,(H,25,27)(H,24,26,28);5-11,13H,1-4H2,(H,22,23). The largest absolute Gasteiger partial charge is 0.497 e. The van der Waals surface area contributed by atoms with E-state index in [9.17, 15) is 4.39 Å². The lowest BCUT2D eigenvalue weighted by Gasteiger charge is -2.11. The van der Waals surface area contributed by atoms with E-state index in [4.69, 9.17) is 18.6 Å². The highest BCUT2D eigenvalue weighted by Crippen LogP contribution is 2.37. The van der Waals surface area contributed by atoms with Gasteiger partial charge in [0.2, 0.25) is 11.8 Å². The first-order chi connectivity index (χ1) is 28.0. The van der Waals surface area contributed by atoms with Gasteiger partial charge in [0.05, 0.1) is 30.4 Å². The number of benzene rings is 4. The van der Waals surface area contributed by atoms with E-state index in [-0.39, 0.29) is 5.82 Å². The Kier molecular flexibility index (Phi) is 9.01. The van der Waals surface area contributed by atoms with Gasteiger partial charge in [-0.1, -0.05) is 12.8 Å².